The van der Waals surface area contributed by atoms with Crippen molar-refractivity contribution in [2.24, 2.45) is 0 Å². The second-order valence-electron chi connectivity index (χ2n) is 14.3. The summed E-state index contributed by atoms with van der Waals surface area (Å²) in [5, 5.41) is 9.19. The number of rotatable bonds is 15. The molecule has 2 heterocycles. The van der Waals surface area contributed by atoms with Gasteiger partial charge >= 0.3 is 5.97 Å². The summed E-state index contributed by atoms with van der Waals surface area (Å²) < 4.78 is 67.3. The first-order valence-corrected chi connectivity index (χ1v) is 20.5. The first-order valence-electron chi connectivity index (χ1n) is 17.3. The Morgan fingerprint density at radius 1 is 0.808 bits per heavy atom. The van der Waals surface area contributed by atoms with Crippen LogP contribution in [-0.2, 0) is 42.3 Å². The number of fused-ring (bicyclic) bond motifs is 2. The van der Waals surface area contributed by atoms with Crippen LogP contribution in [-0.4, -0.2) is 71.9 Å². The zero-order valence-electron chi connectivity index (χ0n) is 30.0. The summed E-state index contributed by atoms with van der Waals surface area (Å²) in [5.74, 6) is -1.57. The van der Waals surface area contributed by atoms with Crippen LogP contribution < -0.4 is 4.90 Å². The van der Waals surface area contributed by atoms with E-state index in [1.807, 2.05) is 72.8 Å². The zero-order chi connectivity index (χ0) is 37.9. The minimum atomic E-state index is -4.12. The molecule has 0 bridgehead atoms. The highest BCUT2D eigenvalue weighted by molar-refractivity contribution is 7.86. The summed E-state index contributed by atoms with van der Waals surface area (Å²) in [6.45, 7) is 9.26. The van der Waals surface area contributed by atoms with Gasteiger partial charge in [-0.05, 0) is 67.2 Å². The van der Waals surface area contributed by atoms with Crippen molar-refractivity contribution in [3.05, 3.63) is 125 Å². The third kappa shape index (κ3) is 8.98. The van der Waals surface area contributed by atoms with E-state index < -0.39 is 37.0 Å². The van der Waals surface area contributed by atoms with Crippen LogP contribution >= 0.6 is 0 Å². The lowest BCUT2D eigenvalue weighted by Gasteiger charge is -2.27. The Hall–Kier alpha value is -4.36. The van der Waals surface area contributed by atoms with Gasteiger partial charge in [-0.25, -0.2) is 0 Å². The number of allylic oxidation sites excluding steroid dienone is 6. The summed E-state index contributed by atoms with van der Waals surface area (Å²) in [4.78, 5) is 13.3. The third-order valence-corrected chi connectivity index (χ3v) is 11.5. The Morgan fingerprint density at radius 3 is 2.08 bits per heavy atom. The van der Waals surface area contributed by atoms with Crippen molar-refractivity contribution in [2.45, 2.75) is 64.2 Å². The normalized spacial score (nSPS) is 17.6. The molecule has 0 radical (unpaired) electrons. The van der Waals surface area contributed by atoms with Crippen LogP contribution in [0.4, 0.5) is 11.4 Å². The molecule has 0 aromatic heterocycles. The highest BCUT2D eigenvalue weighted by atomic mass is 32.2. The molecule has 0 unspecified atom stereocenters. The van der Waals surface area contributed by atoms with E-state index in [-0.39, 0.29) is 30.8 Å². The standard InChI is InChI=1S/C40H46N2O8S2/c1-39(2)32-11-5-7-13-34(32)41(25-9-27-51(45,46)47)36(39)22-20-31(30-18-15-29(16-19-30)17-24-38(43)44)21-23-37-40(3,4)33-12-6-8-14-35(33)42(37)26-10-28-52(48,49)50/h5-8,11-16,18-23H,9-10,17,24-28H2,1-4H3,(H2-,43,44,45,46,47,48,49,50)/p+1. The molecule has 52 heavy (non-hydrogen) atoms. The summed E-state index contributed by atoms with van der Waals surface area (Å²) >= 11 is 0. The second-order valence-corrected chi connectivity index (χ2v) is 17.5. The van der Waals surface area contributed by atoms with Crippen molar-refractivity contribution in [1.29, 1.82) is 0 Å². The van der Waals surface area contributed by atoms with Gasteiger partial charge < -0.3 is 10.0 Å². The quantitative estimate of drug-likeness (QED) is 0.0852. The third-order valence-electron chi connectivity index (χ3n) is 9.92. The summed E-state index contributed by atoms with van der Waals surface area (Å²) in [6, 6.07) is 23.8. The average molecular weight is 748 g/mol. The fourth-order valence-electron chi connectivity index (χ4n) is 7.27. The van der Waals surface area contributed by atoms with Crippen LogP contribution in [0.1, 0.15) is 69.2 Å². The van der Waals surface area contributed by atoms with Crippen LogP contribution in [0.3, 0.4) is 0 Å². The summed E-state index contributed by atoms with van der Waals surface area (Å²) in [7, 11) is -8.25. The number of anilines is 1. The minimum absolute atomic E-state index is 0.0263. The fourth-order valence-corrected chi connectivity index (χ4v) is 8.26. The maximum Gasteiger partial charge on any atom is 0.303 e. The largest absolute Gasteiger partial charge is 0.481 e. The van der Waals surface area contributed by atoms with Gasteiger partial charge in [0.1, 0.15) is 6.54 Å². The molecule has 3 aromatic rings. The molecule has 0 aliphatic carbocycles. The zero-order valence-corrected chi connectivity index (χ0v) is 31.6. The van der Waals surface area contributed by atoms with Gasteiger partial charge in [-0.1, -0.05) is 80.6 Å². The molecule has 12 heteroatoms. The molecular formula is C40H47N2O8S2+. The molecule has 0 saturated heterocycles. The van der Waals surface area contributed by atoms with Gasteiger partial charge in [0.05, 0.1) is 16.9 Å². The van der Waals surface area contributed by atoms with Crippen LogP contribution in [0.25, 0.3) is 5.57 Å². The molecule has 0 spiro atoms. The van der Waals surface area contributed by atoms with Crippen molar-refractivity contribution in [3.63, 3.8) is 0 Å². The van der Waals surface area contributed by atoms with Crippen molar-refractivity contribution < 1.29 is 40.4 Å². The van der Waals surface area contributed by atoms with Crippen molar-refractivity contribution in [2.75, 3.05) is 29.5 Å². The topological polar surface area (TPSA) is 152 Å². The molecule has 2 aliphatic heterocycles. The van der Waals surface area contributed by atoms with Gasteiger partial charge in [0.2, 0.25) is 5.69 Å². The van der Waals surface area contributed by atoms with Crippen molar-refractivity contribution in [3.8, 4) is 0 Å². The van der Waals surface area contributed by atoms with E-state index in [1.165, 1.54) is 0 Å². The molecule has 2 aliphatic rings. The molecule has 0 fully saturated rings. The number of para-hydroxylation sites is 2. The highest BCUT2D eigenvalue weighted by Gasteiger charge is 2.44. The summed E-state index contributed by atoms with van der Waals surface area (Å²) in [5.41, 5.74) is 7.88. The second kappa shape index (κ2) is 15.3. The first kappa shape index (κ1) is 38.9. The smallest absolute Gasteiger partial charge is 0.303 e. The van der Waals surface area contributed by atoms with E-state index in [0.717, 1.165) is 50.6 Å². The summed E-state index contributed by atoms with van der Waals surface area (Å²) in [6.07, 6.45) is 9.05. The molecule has 3 aromatic carbocycles. The van der Waals surface area contributed by atoms with Gasteiger partial charge in [-0.15, -0.1) is 0 Å². The molecule has 10 nitrogen and oxygen atoms in total. The monoisotopic (exact) mass is 747 g/mol. The van der Waals surface area contributed by atoms with E-state index in [2.05, 4.69) is 61.5 Å². The lowest BCUT2D eigenvalue weighted by atomic mass is 9.81. The van der Waals surface area contributed by atoms with Crippen LogP contribution in [0.5, 0.6) is 0 Å². The lowest BCUT2D eigenvalue weighted by Crippen LogP contribution is -2.28. The number of nitrogens with zero attached hydrogens (tertiary/aromatic N) is 2. The van der Waals surface area contributed by atoms with Crippen molar-refractivity contribution in [1.82, 2.24) is 0 Å². The maximum atomic E-state index is 11.6. The lowest BCUT2D eigenvalue weighted by molar-refractivity contribution is -0.437. The number of carboxylic acid groups (broad SMARTS) is 1. The number of carboxylic acids is 1. The van der Waals surface area contributed by atoms with Gasteiger partial charge in [0, 0.05) is 53.9 Å². The molecule has 0 atom stereocenters. The van der Waals surface area contributed by atoms with Crippen LogP contribution in [0, 0.1) is 0 Å². The Balaban J connectivity index is 1.61. The highest BCUT2D eigenvalue weighted by Crippen LogP contribution is 2.48. The molecule has 5 rings (SSSR count). The Bertz CT molecular complexity index is 2180. The number of hydrogen-bond donors (Lipinski definition) is 3. The van der Waals surface area contributed by atoms with E-state index in [1.54, 1.807) is 0 Å². The molecular weight excluding hydrogens is 701 g/mol. The van der Waals surface area contributed by atoms with Gasteiger partial charge in [0.25, 0.3) is 20.2 Å². The molecule has 3 N–H and O–H groups in total. The number of carbonyl (C=O) groups is 1. The van der Waals surface area contributed by atoms with Gasteiger partial charge in [0.15, 0.2) is 5.71 Å². The fraction of sp³-hybridized carbons (Fsp3) is 0.350. The number of aliphatic carboxylic acids is 1. The van der Waals surface area contributed by atoms with E-state index in [0.29, 0.717) is 19.5 Å². The van der Waals surface area contributed by atoms with Crippen LogP contribution in [0.2, 0.25) is 0 Å². The van der Waals surface area contributed by atoms with Gasteiger partial charge in [-0.2, -0.15) is 21.4 Å². The predicted molar refractivity (Wildman–Crippen MR) is 206 cm³/mol. The average Bonchev–Trinajstić information content (AvgIpc) is 3.41. The molecule has 0 amide bonds. The van der Waals surface area contributed by atoms with E-state index in [4.69, 9.17) is 0 Å². The molecule has 0 saturated carbocycles. The van der Waals surface area contributed by atoms with Crippen LogP contribution in [0.15, 0.2) is 103 Å². The predicted octanol–water partition coefficient (Wildman–Crippen LogP) is 6.96. The van der Waals surface area contributed by atoms with Crippen molar-refractivity contribution >= 4 is 48.9 Å². The van der Waals surface area contributed by atoms with E-state index >= 15 is 0 Å². The first-order chi connectivity index (χ1) is 24.4. The Labute approximate surface area is 307 Å². The molecule has 276 valence electrons. The van der Waals surface area contributed by atoms with E-state index in [9.17, 15) is 35.8 Å². The Kier molecular flexibility index (Phi) is 11.4. The van der Waals surface area contributed by atoms with Gasteiger partial charge in [-0.3, -0.25) is 13.9 Å². The number of hydrogen-bond acceptors (Lipinski definition) is 6. The minimum Gasteiger partial charge on any atom is -0.481 e. The SMILES string of the molecule is CC1(C)C(/C=C/C(=C/C=C2\N(CCCS(=O)(=O)O)c3ccccc3C2(C)C)c2ccc(CCC(=O)O)cc2)=[N+](CCCS(=O)(=O)O)c2ccccc21. The maximum absolute atomic E-state index is 11.6. The number of benzene rings is 3. The Morgan fingerprint density at radius 2 is 1.42 bits per heavy atom. The number of aryl methyl sites for hydroxylation is 1.